The second-order valence-electron chi connectivity index (χ2n) is 7.46. The third-order valence-electron chi connectivity index (χ3n) is 4.85. The highest BCUT2D eigenvalue weighted by atomic mass is 35.5. The van der Waals surface area contributed by atoms with Crippen LogP contribution in [0.25, 0.3) is 0 Å². The van der Waals surface area contributed by atoms with E-state index in [9.17, 15) is 9.18 Å². The molecule has 31 heavy (non-hydrogen) atoms. The number of nitrogens with one attached hydrogen (secondary N) is 1. The molecule has 1 N–H and O–H groups in total. The van der Waals surface area contributed by atoms with Crippen molar-refractivity contribution >= 4 is 46.7 Å². The number of piperazine rings is 1. The van der Waals surface area contributed by atoms with Gasteiger partial charge in [-0.05, 0) is 48.4 Å². The molecule has 1 aliphatic heterocycles. The zero-order valence-electron chi connectivity index (χ0n) is 18.5. The summed E-state index contributed by atoms with van der Waals surface area (Å²) >= 11 is 13.6. The van der Waals surface area contributed by atoms with E-state index in [-0.39, 0.29) is 5.56 Å². The highest BCUT2D eigenvalue weighted by molar-refractivity contribution is 7.97. The molecule has 0 aromatic heterocycles. The first kappa shape index (κ1) is 25.8. The minimum Gasteiger partial charge on any atom is -0.369 e. The summed E-state index contributed by atoms with van der Waals surface area (Å²) in [6.07, 6.45) is 2.96. The Bertz CT molecular complexity index is 889. The van der Waals surface area contributed by atoms with E-state index >= 15 is 0 Å². The fraction of sp³-hybridized carbons (Fsp3) is 0.435. The maximum atomic E-state index is 14.3. The van der Waals surface area contributed by atoms with E-state index in [0.717, 1.165) is 54.4 Å². The topological polar surface area (TPSA) is 35.6 Å². The van der Waals surface area contributed by atoms with Crippen molar-refractivity contribution in [3.63, 3.8) is 0 Å². The van der Waals surface area contributed by atoms with E-state index < -0.39 is 11.7 Å². The highest BCUT2D eigenvalue weighted by Crippen LogP contribution is 2.26. The van der Waals surface area contributed by atoms with Gasteiger partial charge in [0.15, 0.2) is 0 Å². The van der Waals surface area contributed by atoms with Crippen molar-refractivity contribution in [2.75, 3.05) is 37.3 Å². The Balaban J connectivity index is 0.00000107. The SMILES string of the molecule is CCC.CSNC(=O)c1cc(Cl)c(CN2CCN(c3ccc(Cl)c(C)c3)CC2)cc1F. The molecule has 0 aliphatic carbocycles. The van der Waals surface area contributed by atoms with Crippen LogP contribution in [0.3, 0.4) is 0 Å². The van der Waals surface area contributed by atoms with Gasteiger partial charge in [0.1, 0.15) is 5.82 Å². The van der Waals surface area contributed by atoms with Crippen LogP contribution < -0.4 is 9.62 Å². The average Bonchev–Trinajstić information content (AvgIpc) is 2.74. The standard InChI is InChI=1S/C20H22Cl2FN3OS.C3H8/c1-13-9-15(3-4-17(13)21)26-7-5-25(6-8-26)12-14-10-19(23)16(11-18(14)22)20(27)24-28-2;1-3-2/h3-4,9-11H,5-8,12H2,1-2H3,(H,24,27);3H2,1-2H3. The first-order chi connectivity index (χ1) is 14.8. The van der Waals surface area contributed by atoms with E-state index in [1.165, 1.54) is 18.6 Å². The van der Waals surface area contributed by atoms with E-state index in [0.29, 0.717) is 17.1 Å². The maximum Gasteiger partial charge on any atom is 0.264 e. The molecule has 8 heteroatoms. The Kier molecular flexibility index (Phi) is 10.4. The van der Waals surface area contributed by atoms with Gasteiger partial charge in [0, 0.05) is 54.7 Å². The molecular weight excluding hydrogens is 456 g/mol. The van der Waals surface area contributed by atoms with Gasteiger partial charge in [-0.25, -0.2) is 4.39 Å². The lowest BCUT2D eigenvalue weighted by molar-refractivity contribution is 0.0980. The van der Waals surface area contributed by atoms with Crippen molar-refractivity contribution in [3.05, 3.63) is 62.9 Å². The Labute approximate surface area is 199 Å². The number of carbonyl (C=O) groups excluding carboxylic acids is 1. The average molecular weight is 486 g/mol. The monoisotopic (exact) mass is 485 g/mol. The quantitative estimate of drug-likeness (QED) is 0.512. The molecule has 0 spiro atoms. The van der Waals surface area contributed by atoms with E-state index in [1.54, 1.807) is 6.26 Å². The number of anilines is 1. The molecule has 4 nitrogen and oxygen atoms in total. The number of hydrogen-bond donors (Lipinski definition) is 1. The number of amides is 1. The molecule has 1 amide bonds. The zero-order valence-corrected chi connectivity index (χ0v) is 20.8. The molecule has 0 bridgehead atoms. The molecule has 170 valence electrons. The molecule has 0 unspecified atom stereocenters. The summed E-state index contributed by atoms with van der Waals surface area (Å²) in [6.45, 7) is 10.2. The second-order valence-corrected chi connectivity index (χ2v) is 8.89. The molecule has 2 aromatic carbocycles. The first-order valence-corrected chi connectivity index (χ1v) is 12.3. The lowest BCUT2D eigenvalue weighted by Gasteiger charge is -2.36. The van der Waals surface area contributed by atoms with Crippen LogP contribution in [0.5, 0.6) is 0 Å². The molecule has 3 rings (SSSR count). The van der Waals surface area contributed by atoms with Gasteiger partial charge in [0.25, 0.3) is 5.91 Å². The Morgan fingerprint density at radius 1 is 1.10 bits per heavy atom. The van der Waals surface area contributed by atoms with Gasteiger partial charge in [-0.3, -0.25) is 14.4 Å². The van der Waals surface area contributed by atoms with Crippen LogP contribution in [0.4, 0.5) is 10.1 Å². The molecule has 0 radical (unpaired) electrons. The highest BCUT2D eigenvalue weighted by Gasteiger charge is 2.20. The number of aryl methyl sites for hydroxylation is 1. The number of carbonyl (C=O) groups is 1. The number of halogens is 3. The molecule has 1 heterocycles. The zero-order chi connectivity index (χ0) is 23.0. The van der Waals surface area contributed by atoms with Crippen molar-refractivity contribution in [1.29, 1.82) is 0 Å². The summed E-state index contributed by atoms with van der Waals surface area (Å²) < 4.78 is 16.9. The summed E-state index contributed by atoms with van der Waals surface area (Å²) in [7, 11) is 0. The summed E-state index contributed by atoms with van der Waals surface area (Å²) in [5, 5.41) is 1.18. The molecule has 1 aliphatic rings. The van der Waals surface area contributed by atoms with Gasteiger partial charge < -0.3 is 4.90 Å². The Hall–Kier alpha value is -1.47. The Morgan fingerprint density at radius 2 is 1.74 bits per heavy atom. The van der Waals surface area contributed by atoms with Crippen molar-refractivity contribution < 1.29 is 9.18 Å². The minimum absolute atomic E-state index is 0.0361. The van der Waals surface area contributed by atoms with Gasteiger partial charge >= 0.3 is 0 Å². The molecular formula is C23H30Cl2FN3OS. The third-order valence-corrected chi connectivity index (χ3v) is 6.01. The number of rotatable bonds is 5. The van der Waals surface area contributed by atoms with Crippen molar-refractivity contribution in [1.82, 2.24) is 9.62 Å². The van der Waals surface area contributed by atoms with Gasteiger partial charge in [-0.2, -0.15) is 0 Å². The maximum absolute atomic E-state index is 14.3. The first-order valence-electron chi connectivity index (χ1n) is 10.3. The number of benzene rings is 2. The fourth-order valence-electron chi connectivity index (χ4n) is 3.26. The van der Waals surface area contributed by atoms with Gasteiger partial charge in [-0.15, -0.1) is 0 Å². The molecule has 2 aromatic rings. The van der Waals surface area contributed by atoms with Crippen LogP contribution in [-0.2, 0) is 6.54 Å². The van der Waals surface area contributed by atoms with E-state index in [4.69, 9.17) is 23.2 Å². The van der Waals surface area contributed by atoms with Gasteiger partial charge in [-0.1, -0.05) is 55.4 Å². The van der Waals surface area contributed by atoms with E-state index in [1.807, 2.05) is 19.1 Å². The van der Waals surface area contributed by atoms with Crippen LogP contribution in [0, 0.1) is 12.7 Å². The van der Waals surface area contributed by atoms with Crippen LogP contribution >= 0.6 is 35.1 Å². The van der Waals surface area contributed by atoms with Gasteiger partial charge in [0.05, 0.1) is 5.56 Å². The van der Waals surface area contributed by atoms with Crippen LogP contribution in [-0.4, -0.2) is 43.2 Å². The summed E-state index contributed by atoms with van der Waals surface area (Å²) in [5.74, 6) is -1.04. The Morgan fingerprint density at radius 3 is 2.32 bits per heavy atom. The second kappa shape index (κ2) is 12.5. The smallest absolute Gasteiger partial charge is 0.264 e. The minimum atomic E-state index is -0.554. The predicted molar refractivity (Wildman–Crippen MR) is 132 cm³/mol. The van der Waals surface area contributed by atoms with E-state index in [2.05, 4.69) is 34.4 Å². The van der Waals surface area contributed by atoms with Crippen LogP contribution in [0.2, 0.25) is 10.0 Å². The van der Waals surface area contributed by atoms with Crippen molar-refractivity contribution in [3.8, 4) is 0 Å². The fourth-order valence-corrected chi connectivity index (χ4v) is 3.90. The summed E-state index contributed by atoms with van der Waals surface area (Å²) in [5.41, 5.74) is 2.88. The van der Waals surface area contributed by atoms with Crippen LogP contribution in [0.15, 0.2) is 30.3 Å². The molecule has 1 saturated heterocycles. The van der Waals surface area contributed by atoms with Crippen molar-refractivity contribution in [2.45, 2.75) is 33.7 Å². The number of nitrogens with zero attached hydrogens (tertiary/aromatic N) is 2. The van der Waals surface area contributed by atoms with Gasteiger partial charge in [0.2, 0.25) is 0 Å². The molecule has 0 saturated carbocycles. The summed E-state index contributed by atoms with van der Waals surface area (Å²) in [6, 6.07) is 8.84. The normalized spacial score (nSPS) is 14.1. The third kappa shape index (κ3) is 7.28. The van der Waals surface area contributed by atoms with Crippen molar-refractivity contribution in [2.24, 2.45) is 0 Å². The number of hydrogen-bond acceptors (Lipinski definition) is 4. The predicted octanol–water partition coefficient (Wildman–Crippen LogP) is 6.19. The summed E-state index contributed by atoms with van der Waals surface area (Å²) in [4.78, 5) is 16.4. The molecule has 1 fully saturated rings. The lowest BCUT2D eigenvalue weighted by atomic mass is 10.1. The molecule has 0 atom stereocenters. The van der Waals surface area contributed by atoms with Crippen LogP contribution in [0.1, 0.15) is 41.8 Å². The largest absolute Gasteiger partial charge is 0.369 e. The lowest BCUT2D eigenvalue weighted by Crippen LogP contribution is -2.46.